The van der Waals surface area contributed by atoms with Crippen LogP contribution >= 0.6 is 12.2 Å². The molecule has 1 heterocycles. The molecule has 0 aliphatic carbocycles. The smallest absolute Gasteiger partial charge is 0.217 e. The fourth-order valence-electron chi connectivity index (χ4n) is 2.74. The lowest BCUT2D eigenvalue weighted by Gasteiger charge is -2.17. The number of ether oxygens (including phenoxy) is 1. The second kappa shape index (κ2) is 8.79. The van der Waals surface area contributed by atoms with E-state index in [1.54, 1.807) is 6.08 Å². The first-order valence-electron chi connectivity index (χ1n) is 8.80. The number of rotatable bonds is 8. The van der Waals surface area contributed by atoms with Crippen molar-refractivity contribution in [2.24, 2.45) is 0 Å². The third kappa shape index (κ3) is 5.15. The Morgan fingerprint density at radius 1 is 1.19 bits per heavy atom. The van der Waals surface area contributed by atoms with E-state index in [-0.39, 0.29) is 0 Å². The van der Waals surface area contributed by atoms with Crippen molar-refractivity contribution in [2.45, 2.75) is 20.1 Å². The van der Waals surface area contributed by atoms with Gasteiger partial charge in [0.05, 0.1) is 6.67 Å². The third-order valence-electron chi connectivity index (χ3n) is 4.13. The molecular formula is C21H24N4OS. The Morgan fingerprint density at radius 2 is 1.89 bits per heavy atom. The molecule has 0 radical (unpaired) electrons. The molecule has 0 saturated heterocycles. The van der Waals surface area contributed by atoms with Gasteiger partial charge in [0.25, 0.3) is 0 Å². The number of nitrogens with zero attached hydrogens (tertiary/aromatic N) is 3. The van der Waals surface area contributed by atoms with Gasteiger partial charge in [-0.1, -0.05) is 54.6 Å². The minimum atomic E-state index is 0.515. The fourth-order valence-corrected chi connectivity index (χ4v) is 2.94. The van der Waals surface area contributed by atoms with Crippen molar-refractivity contribution in [2.75, 3.05) is 13.7 Å². The molecule has 0 unspecified atom stereocenters. The van der Waals surface area contributed by atoms with Crippen LogP contribution in [0.5, 0.6) is 5.75 Å². The second-order valence-corrected chi connectivity index (χ2v) is 6.91. The van der Waals surface area contributed by atoms with Crippen LogP contribution in [0.1, 0.15) is 11.1 Å². The molecule has 5 nitrogen and oxygen atoms in total. The molecule has 0 spiro atoms. The van der Waals surface area contributed by atoms with Gasteiger partial charge in [0.15, 0.2) is 5.82 Å². The maximum absolute atomic E-state index is 5.52. The summed E-state index contributed by atoms with van der Waals surface area (Å²) in [6.45, 7) is 7.66. The summed E-state index contributed by atoms with van der Waals surface area (Å²) in [5.74, 6) is 1.64. The number of aryl methyl sites for hydroxylation is 1. The summed E-state index contributed by atoms with van der Waals surface area (Å²) < 4.78 is 7.94. The quantitative estimate of drug-likeness (QED) is 0.459. The largest absolute Gasteiger partial charge is 0.490 e. The van der Waals surface area contributed by atoms with Crippen LogP contribution in [-0.4, -0.2) is 33.3 Å². The predicted molar refractivity (Wildman–Crippen MR) is 111 cm³/mol. The summed E-state index contributed by atoms with van der Waals surface area (Å²) in [7, 11) is 2.05. The molecule has 140 valence electrons. The summed E-state index contributed by atoms with van der Waals surface area (Å²) in [5, 5.41) is 3.30. The van der Waals surface area contributed by atoms with E-state index in [1.165, 1.54) is 11.1 Å². The van der Waals surface area contributed by atoms with Gasteiger partial charge in [-0.25, -0.2) is 4.68 Å². The third-order valence-corrected chi connectivity index (χ3v) is 4.44. The van der Waals surface area contributed by atoms with Crippen LogP contribution in [-0.2, 0) is 13.2 Å². The van der Waals surface area contributed by atoms with E-state index in [1.807, 2.05) is 28.9 Å². The van der Waals surface area contributed by atoms with Gasteiger partial charge in [-0.3, -0.25) is 10.00 Å². The van der Waals surface area contributed by atoms with Crippen LogP contribution in [0, 0.1) is 11.7 Å². The Labute approximate surface area is 164 Å². The summed E-state index contributed by atoms with van der Waals surface area (Å²) in [4.78, 5) is 6.65. The van der Waals surface area contributed by atoms with Crippen molar-refractivity contribution in [1.82, 2.24) is 19.7 Å². The summed E-state index contributed by atoms with van der Waals surface area (Å²) in [6, 6.07) is 16.3. The molecule has 6 heteroatoms. The molecule has 0 aliphatic heterocycles. The van der Waals surface area contributed by atoms with E-state index in [4.69, 9.17) is 17.0 Å². The zero-order valence-electron chi connectivity index (χ0n) is 15.7. The molecule has 0 atom stereocenters. The molecule has 3 aromatic rings. The molecular weight excluding hydrogens is 356 g/mol. The number of hydrogen-bond donors (Lipinski definition) is 1. The van der Waals surface area contributed by atoms with Crippen LogP contribution < -0.4 is 4.74 Å². The van der Waals surface area contributed by atoms with Crippen LogP contribution in [0.4, 0.5) is 0 Å². The molecule has 0 bridgehead atoms. The van der Waals surface area contributed by atoms with Crippen LogP contribution in [0.2, 0.25) is 0 Å². The summed E-state index contributed by atoms with van der Waals surface area (Å²) in [5.41, 5.74) is 3.45. The van der Waals surface area contributed by atoms with Gasteiger partial charge < -0.3 is 4.74 Å². The highest BCUT2D eigenvalue weighted by molar-refractivity contribution is 7.71. The number of nitrogens with one attached hydrogen (secondary N) is 1. The summed E-state index contributed by atoms with van der Waals surface area (Å²) >= 11 is 5.41. The van der Waals surface area contributed by atoms with E-state index >= 15 is 0 Å². The molecule has 0 fully saturated rings. The molecule has 3 rings (SSSR count). The van der Waals surface area contributed by atoms with Crippen molar-refractivity contribution < 1.29 is 4.74 Å². The van der Waals surface area contributed by atoms with E-state index in [2.05, 4.69) is 59.8 Å². The predicted octanol–water partition coefficient (Wildman–Crippen LogP) is 4.57. The Kier molecular flexibility index (Phi) is 6.21. The van der Waals surface area contributed by atoms with Crippen LogP contribution in [0.15, 0.2) is 61.2 Å². The van der Waals surface area contributed by atoms with Gasteiger partial charge in [0.1, 0.15) is 12.4 Å². The molecule has 27 heavy (non-hydrogen) atoms. The monoisotopic (exact) mass is 380 g/mol. The normalized spacial score (nSPS) is 10.9. The zero-order valence-corrected chi connectivity index (χ0v) is 16.5. The van der Waals surface area contributed by atoms with Gasteiger partial charge in [0, 0.05) is 12.1 Å². The molecule has 1 aromatic heterocycles. The first kappa shape index (κ1) is 19.1. The van der Waals surface area contributed by atoms with Crippen molar-refractivity contribution in [1.29, 1.82) is 0 Å². The average molecular weight is 381 g/mol. The van der Waals surface area contributed by atoms with E-state index in [0.29, 0.717) is 18.0 Å². The van der Waals surface area contributed by atoms with Gasteiger partial charge in [0.2, 0.25) is 4.77 Å². The van der Waals surface area contributed by atoms with Crippen LogP contribution in [0.3, 0.4) is 0 Å². The van der Waals surface area contributed by atoms with E-state index in [0.717, 1.165) is 23.7 Å². The SMILES string of the molecule is C=CCOc1ccc(CN(C)Cn2[nH]c(-c3ccc(C)cc3)nc2=S)cc1. The number of benzene rings is 2. The number of hydrogen-bond acceptors (Lipinski definition) is 4. The topological polar surface area (TPSA) is 46.1 Å². The van der Waals surface area contributed by atoms with Gasteiger partial charge in [-0.05, 0) is 43.9 Å². The standard InChI is InChI=1S/C21H24N4OS/c1-4-13-26-19-11-7-17(8-12-19)14-24(3)15-25-21(27)22-20(23-25)18-9-5-16(2)6-10-18/h4-12H,1,13-15H2,2-3H3,(H,22,23,27). The molecule has 2 aromatic carbocycles. The highest BCUT2D eigenvalue weighted by Crippen LogP contribution is 2.16. The fraction of sp³-hybridized carbons (Fsp3) is 0.238. The first-order chi connectivity index (χ1) is 13.0. The Morgan fingerprint density at radius 3 is 2.56 bits per heavy atom. The van der Waals surface area contributed by atoms with Crippen molar-refractivity contribution >= 4 is 12.2 Å². The number of aromatic amines is 1. The minimum absolute atomic E-state index is 0.515. The molecule has 0 amide bonds. The average Bonchev–Trinajstić information content (AvgIpc) is 3.02. The lowest BCUT2D eigenvalue weighted by Crippen LogP contribution is -2.22. The first-order valence-corrected chi connectivity index (χ1v) is 9.21. The van der Waals surface area contributed by atoms with E-state index < -0.39 is 0 Å². The highest BCUT2D eigenvalue weighted by atomic mass is 32.1. The van der Waals surface area contributed by atoms with Gasteiger partial charge >= 0.3 is 0 Å². The Balaban J connectivity index is 1.64. The molecule has 1 N–H and O–H groups in total. The van der Waals surface area contributed by atoms with Crippen molar-refractivity contribution in [3.8, 4) is 17.1 Å². The lowest BCUT2D eigenvalue weighted by atomic mass is 10.1. The molecule has 0 aliphatic rings. The van der Waals surface area contributed by atoms with Crippen molar-refractivity contribution in [3.05, 3.63) is 77.1 Å². The maximum atomic E-state index is 5.52. The second-order valence-electron chi connectivity index (χ2n) is 6.55. The zero-order chi connectivity index (χ0) is 19.2. The lowest BCUT2D eigenvalue weighted by molar-refractivity contribution is 0.244. The van der Waals surface area contributed by atoms with Crippen molar-refractivity contribution in [3.63, 3.8) is 0 Å². The number of H-pyrrole nitrogens is 1. The van der Waals surface area contributed by atoms with E-state index in [9.17, 15) is 0 Å². The maximum Gasteiger partial charge on any atom is 0.217 e. The minimum Gasteiger partial charge on any atom is -0.490 e. The van der Waals surface area contributed by atoms with Gasteiger partial charge in [-0.2, -0.15) is 4.98 Å². The Hall–Kier alpha value is -2.70. The van der Waals surface area contributed by atoms with Crippen LogP contribution in [0.25, 0.3) is 11.4 Å². The van der Waals surface area contributed by atoms with Gasteiger partial charge in [-0.15, -0.1) is 0 Å². The number of aromatic nitrogens is 3. The highest BCUT2D eigenvalue weighted by Gasteiger charge is 2.08. The molecule has 0 saturated carbocycles. The Bertz CT molecular complexity index is 942. The summed E-state index contributed by atoms with van der Waals surface area (Å²) in [6.07, 6.45) is 1.74.